The van der Waals surface area contributed by atoms with Crippen LogP contribution in [0.2, 0.25) is 0 Å². The van der Waals surface area contributed by atoms with Crippen LogP contribution >= 0.6 is 0 Å². The Balaban J connectivity index is 1.86. The third kappa shape index (κ3) is 2.46. The van der Waals surface area contributed by atoms with Crippen LogP contribution in [-0.4, -0.2) is 4.57 Å². The van der Waals surface area contributed by atoms with Gasteiger partial charge in [0, 0.05) is 11.8 Å². The highest BCUT2D eigenvalue weighted by Gasteiger charge is 2.01. The first kappa shape index (κ1) is 12.6. The molecule has 0 aliphatic carbocycles. The second-order valence-electron chi connectivity index (χ2n) is 5.12. The molecule has 0 radical (unpaired) electrons. The first-order valence-electron chi connectivity index (χ1n) is 6.84. The van der Waals surface area contributed by atoms with Crippen LogP contribution in [0.5, 0.6) is 0 Å². The van der Waals surface area contributed by atoms with E-state index >= 15 is 0 Å². The average molecular weight is 259 g/mol. The molecule has 0 unspecified atom stereocenters. The smallest absolute Gasteiger partial charge is 0.0841 e. The summed E-state index contributed by atoms with van der Waals surface area (Å²) >= 11 is 0. The van der Waals surface area contributed by atoms with Crippen molar-refractivity contribution in [3.63, 3.8) is 0 Å². The van der Waals surface area contributed by atoms with Crippen molar-refractivity contribution >= 4 is 10.9 Å². The number of nitrogens with zero attached hydrogens (tertiary/aromatic N) is 1. The fourth-order valence-corrected chi connectivity index (χ4v) is 2.45. The van der Waals surface area contributed by atoms with Crippen molar-refractivity contribution in [3.8, 4) is 11.8 Å². The van der Waals surface area contributed by atoms with Crippen molar-refractivity contribution in [1.29, 1.82) is 0 Å². The van der Waals surface area contributed by atoms with Crippen LogP contribution < -0.4 is 0 Å². The second-order valence-corrected chi connectivity index (χ2v) is 5.12. The lowest BCUT2D eigenvalue weighted by Crippen LogP contribution is -1.94. The fourth-order valence-electron chi connectivity index (χ4n) is 2.45. The van der Waals surface area contributed by atoms with Crippen LogP contribution in [0.3, 0.4) is 0 Å². The zero-order valence-corrected chi connectivity index (χ0v) is 11.9. The van der Waals surface area contributed by atoms with Crippen LogP contribution in [-0.2, 0) is 6.54 Å². The van der Waals surface area contributed by atoms with Gasteiger partial charge >= 0.3 is 0 Å². The van der Waals surface area contributed by atoms with Gasteiger partial charge in [-0.15, -0.1) is 0 Å². The highest BCUT2D eigenvalue weighted by atomic mass is 14.9. The third-order valence-electron chi connectivity index (χ3n) is 3.52. The molecule has 20 heavy (non-hydrogen) atoms. The average Bonchev–Trinajstić information content (AvgIpc) is 2.86. The van der Waals surface area contributed by atoms with E-state index in [2.05, 4.69) is 85.0 Å². The van der Waals surface area contributed by atoms with Gasteiger partial charge in [0.1, 0.15) is 0 Å². The maximum Gasteiger partial charge on any atom is 0.0841 e. The molecule has 0 aliphatic heterocycles. The topological polar surface area (TPSA) is 4.93 Å². The molecule has 0 bridgehead atoms. The Kier molecular flexibility index (Phi) is 3.31. The van der Waals surface area contributed by atoms with Crippen molar-refractivity contribution in [3.05, 3.63) is 71.4 Å². The van der Waals surface area contributed by atoms with Crippen molar-refractivity contribution in [1.82, 2.24) is 4.57 Å². The summed E-state index contributed by atoms with van der Waals surface area (Å²) in [7, 11) is 0. The van der Waals surface area contributed by atoms with Gasteiger partial charge in [0.05, 0.1) is 12.1 Å². The molecule has 0 amide bonds. The molecule has 98 valence electrons. The maximum absolute atomic E-state index is 3.26. The number of para-hydroxylation sites is 1. The fraction of sp³-hybridized carbons (Fsp3) is 0.158. The lowest BCUT2D eigenvalue weighted by Gasteiger charge is -2.03. The monoisotopic (exact) mass is 259 g/mol. The maximum atomic E-state index is 3.26. The molecule has 0 N–H and O–H groups in total. The summed E-state index contributed by atoms with van der Waals surface area (Å²) in [6.07, 6.45) is 2.11. The van der Waals surface area contributed by atoms with Crippen molar-refractivity contribution in [2.45, 2.75) is 20.4 Å². The van der Waals surface area contributed by atoms with Gasteiger partial charge in [0.15, 0.2) is 0 Å². The number of rotatable bonds is 1. The molecule has 1 heteroatoms. The lowest BCUT2D eigenvalue weighted by atomic mass is 10.1. The molecule has 0 fully saturated rings. The minimum absolute atomic E-state index is 0.724. The van der Waals surface area contributed by atoms with E-state index in [9.17, 15) is 0 Å². The Labute approximate surface area is 119 Å². The Morgan fingerprint density at radius 1 is 0.950 bits per heavy atom. The Morgan fingerprint density at radius 3 is 2.55 bits per heavy atom. The Hall–Kier alpha value is -2.46. The van der Waals surface area contributed by atoms with E-state index in [0.717, 1.165) is 12.1 Å². The molecule has 0 saturated carbocycles. The van der Waals surface area contributed by atoms with Crippen molar-refractivity contribution in [2.75, 3.05) is 0 Å². The zero-order valence-electron chi connectivity index (χ0n) is 11.9. The largest absolute Gasteiger partial charge is 0.336 e. The number of aromatic nitrogens is 1. The summed E-state index contributed by atoms with van der Waals surface area (Å²) in [4.78, 5) is 0. The van der Waals surface area contributed by atoms with Gasteiger partial charge in [0.2, 0.25) is 0 Å². The Bertz CT molecular complexity index is 795. The van der Waals surface area contributed by atoms with E-state index in [1.807, 2.05) is 0 Å². The first-order chi connectivity index (χ1) is 9.74. The number of fused-ring (bicyclic) bond motifs is 1. The minimum Gasteiger partial charge on any atom is -0.336 e. The molecule has 1 heterocycles. The third-order valence-corrected chi connectivity index (χ3v) is 3.52. The minimum atomic E-state index is 0.724. The predicted octanol–water partition coefficient (Wildman–Crippen LogP) is 4.31. The molecular formula is C19H17N. The van der Waals surface area contributed by atoms with Crippen LogP contribution in [0.1, 0.15) is 16.7 Å². The van der Waals surface area contributed by atoms with E-state index in [0.29, 0.717) is 0 Å². The van der Waals surface area contributed by atoms with Gasteiger partial charge in [-0.3, -0.25) is 0 Å². The van der Waals surface area contributed by atoms with Crippen LogP contribution in [0, 0.1) is 25.7 Å². The molecule has 0 spiro atoms. The predicted molar refractivity (Wildman–Crippen MR) is 84.7 cm³/mol. The van der Waals surface area contributed by atoms with E-state index in [-0.39, 0.29) is 0 Å². The highest BCUT2D eigenvalue weighted by molar-refractivity contribution is 5.83. The molecular weight excluding hydrogens is 242 g/mol. The van der Waals surface area contributed by atoms with E-state index < -0.39 is 0 Å². The number of benzene rings is 2. The number of hydrogen-bond donors (Lipinski definition) is 0. The van der Waals surface area contributed by atoms with Crippen molar-refractivity contribution in [2.24, 2.45) is 0 Å². The van der Waals surface area contributed by atoms with Crippen LogP contribution in [0.4, 0.5) is 0 Å². The highest BCUT2D eigenvalue weighted by Crippen LogP contribution is 2.19. The van der Waals surface area contributed by atoms with E-state index in [4.69, 9.17) is 0 Å². The van der Waals surface area contributed by atoms with Gasteiger partial charge in [-0.05, 0) is 43.0 Å². The Morgan fingerprint density at radius 2 is 1.75 bits per heavy atom. The molecule has 1 aromatic heterocycles. The molecule has 3 rings (SSSR count). The molecule has 3 aromatic rings. The quantitative estimate of drug-likeness (QED) is 0.574. The second kappa shape index (κ2) is 5.27. The first-order valence-corrected chi connectivity index (χ1v) is 6.84. The number of aryl methyl sites for hydroxylation is 2. The van der Waals surface area contributed by atoms with Crippen molar-refractivity contribution < 1.29 is 0 Å². The molecule has 2 aromatic carbocycles. The summed E-state index contributed by atoms with van der Waals surface area (Å²) in [5.74, 6) is 6.48. The molecule has 0 saturated heterocycles. The van der Waals surface area contributed by atoms with Gasteiger partial charge in [0.25, 0.3) is 0 Å². The lowest BCUT2D eigenvalue weighted by molar-refractivity contribution is 0.882. The summed E-state index contributed by atoms with van der Waals surface area (Å²) in [5, 5.41) is 1.28. The zero-order chi connectivity index (χ0) is 13.9. The van der Waals surface area contributed by atoms with Gasteiger partial charge in [-0.1, -0.05) is 47.7 Å². The molecule has 0 atom stereocenters. The normalized spacial score (nSPS) is 10.3. The SMILES string of the molecule is Cc1ccc(C#CCn2ccc3cccc(C)c32)cc1. The van der Waals surface area contributed by atoms with Gasteiger partial charge < -0.3 is 4.57 Å². The summed E-state index contributed by atoms with van der Waals surface area (Å²) in [6.45, 7) is 4.96. The standard InChI is InChI=1S/C19H17N/c1-15-8-10-17(11-9-15)6-4-13-20-14-12-18-7-3-5-16(2)19(18)20/h3,5,7-12,14H,13H2,1-2H3. The summed E-state index contributed by atoms with van der Waals surface area (Å²) in [5.41, 5.74) is 4.92. The van der Waals surface area contributed by atoms with Crippen LogP contribution in [0.15, 0.2) is 54.7 Å². The summed E-state index contributed by atoms with van der Waals surface area (Å²) in [6, 6.07) is 16.9. The number of hydrogen-bond acceptors (Lipinski definition) is 0. The summed E-state index contributed by atoms with van der Waals surface area (Å²) < 4.78 is 2.21. The van der Waals surface area contributed by atoms with Gasteiger partial charge in [-0.25, -0.2) is 0 Å². The van der Waals surface area contributed by atoms with Gasteiger partial charge in [-0.2, -0.15) is 0 Å². The molecule has 1 nitrogen and oxygen atoms in total. The van der Waals surface area contributed by atoms with E-state index in [1.54, 1.807) is 0 Å². The van der Waals surface area contributed by atoms with Crippen LogP contribution in [0.25, 0.3) is 10.9 Å². The van der Waals surface area contributed by atoms with E-state index in [1.165, 1.54) is 22.0 Å². The molecule has 0 aliphatic rings.